The van der Waals surface area contributed by atoms with Crippen molar-refractivity contribution < 1.29 is 4.39 Å². The summed E-state index contributed by atoms with van der Waals surface area (Å²) in [6.45, 7) is 5.28. The van der Waals surface area contributed by atoms with Crippen molar-refractivity contribution in [3.05, 3.63) is 46.6 Å². The number of hydrogen-bond donors (Lipinski definition) is 1. The maximum Gasteiger partial charge on any atom is 0.226 e. The third-order valence-electron chi connectivity index (χ3n) is 3.64. The number of rotatable bonds is 5. The Labute approximate surface area is 138 Å². The normalized spacial score (nSPS) is 11.1. The first-order valence-corrected chi connectivity index (χ1v) is 7.91. The molecule has 0 saturated heterocycles. The molecule has 0 amide bonds. The molecule has 0 aliphatic heterocycles. The fourth-order valence-electron chi connectivity index (χ4n) is 2.50. The van der Waals surface area contributed by atoms with E-state index >= 15 is 0 Å². The molecule has 23 heavy (non-hydrogen) atoms. The van der Waals surface area contributed by atoms with Crippen molar-refractivity contribution in [1.82, 2.24) is 19.7 Å². The van der Waals surface area contributed by atoms with Gasteiger partial charge in [-0.05, 0) is 42.6 Å². The molecule has 120 valence electrons. The van der Waals surface area contributed by atoms with Crippen molar-refractivity contribution in [2.75, 3.05) is 5.32 Å². The average molecular weight is 334 g/mol. The molecule has 1 N–H and O–H groups in total. The minimum absolute atomic E-state index is 0.177. The topological polar surface area (TPSA) is 55.6 Å². The van der Waals surface area contributed by atoms with Gasteiger partial charge in [-0.2, -0.15) is 15.1 Å². The Bertz CT molecular complexity index is 829. The van der Waals surface area contributed by atoms with E-state index in [9.17, 15) is 4.39 Å². The quantitative estimate of drug-likeness (QED) is 0.721. The highest BCUT2D eigenvalue weighted by Crippen LogP contribution is 2.26. The van der Waals surface area contributed by atoms with Gasteiger partial charge in [0.2, 0.25) is 5.28 Å². The van der Waals surface area contributed by atoms with Crippen LogP contribution in [-0.2, 0) is 19.5 Å². The van der Waals surface area contributed by atoms with Gasteiger partial charge in [-0.25, -0.2) is 9.07 Å². The fourth-order valence-corrected chi connectivity index (χ4v) is 2.67. The lowest BCUT2D eigenvalue weighted by Crippen LogP contribution is -2.04. The summed E-state index contributed by atoms with van der Waals surface area (Å²) in [6, 6.07) is 6.34. The molecule has 0 atom stereocenters. The second kappa shape index (κ2) is 6.50. The highest BCUT2D eigenvalue weighted by Gasteiger charge is 2.16. The Hall–Kier alpha value is -2.21. The molecule has 0 bridgehead atoms. The molecule has 2 aromatic heterocycles. The summed E-state index contributed by atoms with van der Waals surface area (Å²) in [4.78, 5) is 8.61. The van der Waals surface area contributed by atoms with Gasteiger partial charge in [0, 0.05) is 13.1 Å². The Morgan fingerprint density at radius 2 is 1.91 bits per heavy atom. The first-order chi connectivity index (χ1) is 11.1. The molecule has 0 aliphatic rings. The van der Waals surface area contributed by atoms with E-state index in [1.807, 2.05) is 18.5 Å². The summed E-state index contributed by atoms with van der Waals surface area (Å²) in [5, 5.41) is 8.89. The predicted molar refractivity (Wildman–Crippen MR) is 89.1 cm³/mol. The van der Waals surface area contributed by atoms with Crippen LogP contribution >= 0.6 is 11.6 Å². The molecule has 2 heterocycles. The van der Waals surface area contributed by atoms with Gasteiger partial charge >= 0.3 is 0 Å². The Morgan fingerprint density at radius 1 is 1.17 bits per heavy atom. The molecule has 3 aromatic rings. The van der Waals surface area contributed by atoms with Gasteiger partial charge in [-0.3, -0.25) is 0 Å². The van der Waals surface area contributed by atoms with Crippen LogP contribution in [0.15, 0.2) is 24.3 Å². The van der Waals surface area contributed by atoms with Gasteiger partial charge in [0.25, 0.3) is 0 Å². The fraction of sp³-hybridized carbons (Fsp3) is 0.312. The molecular formula is C16H17ClFN5. The van der Waals surface area contributed by atoms with Crippen LogP contribution in [0.5, 0.6) is 0 Å². The number of nitrogens with zero attached hydrogens (tertiary/aromatic N) is 4. The van der Waals surface area contributed by atoms with Gasteiger partial charge in [-0.15, -0.1) is 0 Å². The van der Waals surface area contributed by atoms with Gasteiger partial charge in [0.05, 0.1) is 11.1 Å². The van der Waals surface area contributed by atoms with Crippen molar-refractivity contribution >= 4 is 28.5 Å². The van der Waals surface area contributed by atoms with Crippen molar-refractivity contribution in [2.45, 2.75) is 33.4 Å². The Morgan fingerprint density at radius 3 is 2.57 bits per heavy atom. The molecule has 0 unspecified atom stereocenters. The summed E-state index contributed by atoms with van der Waals surface area (Å²) in [7, 11) is 0. The standard InChI is InChI=1S/C16H17ClFN5/c1-3-12-13-14(19-9-10-5-7-11(18)8-6-10)20-16(17)21-15(13)23(4-2)22-12/h5-8H,3-4,9H2,1-2H3,(H,19,20,21). The summed E-state index contributed by atoms with van der Waals surface area (Å²) in [5.41, 5.74) is 2.61. The van der Waals surface area contributed by atoms with E-state index in [0.29, 0.717) is 18.9 Å². The van der Waals surface area contributed by atoms with E-state index in [0.717, 1.165) is 28.7 Å². The maximum atomic E-state index is 13.0. The second-order valence-electron chi connectivity index (χ2n) is 5.14. The predicted octanol–water partition coefficient (Wildman–Crippen LogP) is 3.81. The number of aromatic nitrogens is 4. The Balaban J connectivity index is 1.99. The summed E-state index contributed by atoms with van der Waals surface area (Å²) < 4.78 is 14.8. The summed E-state index contributed by atoms with van der Waals surface area (Å²) in [6.07, 6.45) is 0.778. The molecule has 5 nitrogen and oxygen atoms in total. The highest BCUT2D eigenvalue weighted by atomic mass is 35.5. The minimum Gasteiger partial charge on any atom is -0.365 e. The zero-order chi connectivity index (χ0) is 16.4. The number of aryl methyl sites for hydroxylation is 2. The van der Waals surface area contributed by atoms with Crippen LogP contribution in [-0.4, -0.2) is 19.7 Å². The van der Waals surface area contributed by atoms with Crippen molar-refractivity contribution in [1.29, 1.82) is 0 Å². The third kappa shape index (κ3) is 3.12. The van der Waals surface area contributed by atoms with Crippen molar-refractivity contribution in [2.24, 2.45) is 0 Å². The molecule has 1 aromatic carbocycles. The van der Waals surface area contributed by atoms with Crippen molar-refractivity contribution in [3.8, 4) is 0 Å². The first-order valence-electron chi connectivity index (χ1n) is 7.53. The SMILES string of the molecule is CCc1nn(CC)c2nc(Cl)nc(NCc3ccc(F)cc3)c12. The number of halogens is 2. The van der Waals surface area contributed by atoms with Crippen molar-refractivity contribution in [3.63, 3.8) is 0 Å². The summed E-state index contributed by atoms with van der Waals surface area (Å²) >= 11 is 6.05. The van der Waals surface area contributed by atoms with Gasteiger partial charge in [0.1, 0.15) is 11.6 Å². The molecule has 0 saturated carbocycles. The first kappa shape index (κ1) is 15.7. The molecule has 3 rings (SSSR count). The van der Waals surface area contributed by atoms with E-state index in [-0.39, 0.29) is 11.1 Å². The van der Waals surface area contributed by atoms with Crippen LogP contribution in [0.25, 0.3) is 11.0 Å². The van der Waals surface area contributed by atoms with Crippen LogP contribution in [0.2, 0.25) is 5.28 Å². The molecule has 7 heteroatoms. The van der Waals surface area contributed by atoms with E-state index < -0.39 is 0 Å². The largest absolute Gasteiger partial charge is 0.365 e. The van der Waals surface area contributed by atoms with Gasteiger partial charge < -0.3 is 5.32 Å². The Kier molecular flexibility index (Phi) is 4.43. The number of fused-ring (bicyclic) bond motifs is 1. The monoisotopic (exact) mass is 333 g/mol. The molecular weight excluding hydrogens is 317 g/mol. The van der Waals surface area contributed by atoms with E-state index in [4.69, 9.17) is 11.6 Å². The average Bonchev–Trinajstić information content (AvgIpc) is 2.91. The number of hydrogen-bond acceptors (Lipinski definition) is 4. The number of benzene rings is 1. The zero-order valence-corrected chi connectivity index (χ0v) is 13.7. The van der Waals surface area contributed by atoms with E-state index in [1.54, 1.807) is 12.1 Å². The number of anilines is 1. The van der Waals surface area contributed by atoms with Gasteiger partial charge in [-0.1, -0.05) is 19.1 Å². The molecule has 0 radical (unpaired) electrons. The smallest absolute Gasteiger partial charge is 0.226 e. The van der Waals surface area contributed by atoms with Crippen LogP contribution in [0, 0.1) is 5.82 Å². The summed E-state index contributed by atoms with van der Waals surface area (Å²) in [5.74, 6) is 0.402. The van der Waals surface area contributed by atoms with Gasteiger partial charge in [0.15, 0.2) is 5.65 Å². The van der Waals surface area contributed by atoms with E-state index in [1.165, 1.54) is 12.1 Å². The lowest BCUT2D eigenvalue weighted by atomic mass is 10.2. The molecule has 0 spiro atoms. The maximum absolute atomic E-state index is 13.0. The third-order valence-corrected chi connectivity index (χ3v) is 3.81. The number of nitrogens with one attached hydrogen (secondary N) is 1. The van der Waals surface area contributed by atoms with Crippen LogP contribution < -0.4 is 5.32 Å². The minimum atomic E-state index is -0.251. The highest BCUT2D eigenvalue weighted by molar-refractivity contribution is 6.28. The second-order valence-corrected chi connectivity index (χ2v) is 5.47. The van der Waals surface area contributed by atoms with Crippen LogP contribution in [0.3, 0.4) is 0 Å². The molecule has 0 aliphatic carbocycles. The lowest BCUT2D eigenvalue weighted by molar-refractivity contribution is 0.627. The van der Waals surface area contributed by atoms with Crippen LogP contribution in [0.1, 0.15) is 25.1 Å². The zero-order valence-electron chi connectivity index (χ0n) is 13.0. The lowest BCUT2D eigenvalue weighted by Gasteiger charge is -2.08. The van der Waals surface area contributed by atoms with E-state index in [2.05, 4.69) is 20.4 Å². The molecule has 0 fully saturated rings. The van der Waals surface area contributed by atoms with Crippen LogP contribution in [0.4, 0.5) is 10.2 Å².